The van der Waals surface area contributed by atoms with Crippen molar-refractivity contribution in [1.82, 2.24) is 5.32 Å². The van der Waals surface area contributed by atoms with Crippen molar-refractivity contribution >= 4 is 29.1 Å². The number of carbonyl (C=O) groups excluding carboxylic acids is 1. The first-order chi connectivity index (χ1) is 8.27. The third-order valence-corrected chi connectivity index (χ3v) is 4.94. The van der Waals surface area contributed by atoms with E-state index in [0.29, 0.717) is 6.61 Å². The number of hydrogen-bond acceptors (Lipinski definition) is 5. The number of hydrogen-bond donors (Lipinski definition) is 1. The first kappa shape index (κ1) is 12.9. The normalized spacial score (nSPS) is 23.8. The molecule has 5 heteroatoms. The van der Waals surface area contributed by atoms with Gasteiger partial charge in [0.1, 0.15) is 5.54 Å². The minimum absolute atomic E-state index is 0.0958. The molecular formula is C12H17NO2S2. The molecule has 3 nitrogen and oxygen atoms in total. The Labute approximate surface area is 110 Å². The van der Waals surface area contributed by atoms with Crippen molar-refractivity contribution in [3.05, 3.63) is 22.4 Å². The van der Waals surface area contributed by atoms with Crippen LogP contribution in [0, 0.1) is 0 Å². The Balaban J connectivity index is 1.99. The number of ether oxygens (including phenoxy) is 1. The molecule has 1 aromatic heterocycles. The Hall–Kier alpha value is -0.520. The topological polar surface area (TPSA) is 38.3 Å². The summed E-state index contributed by atoms with van der Waals surface area (Å²) < 4.78 is 5.19. The van der Waals surface area contributed by atoms with Gasteiger partial charge < -0.3 is 4.74 Å². The monoisotopic (exact) mass is 271 g/mol. The quantitative estimate of drug-likeness (QED) is 0.834. The predicted octanol–water partition coefficient (Wildman–Crippen LogP) is 2.28. The smallest absolute Gasteiger partial charge is 0.327 e. The Bertz CT molecular complexity index is 359. The van der Waals surface area contributed by atoms with Crippen molar-refractivity contribution in [2.75, 3.05) is 18.1 Å². The van der Waals surface area contributed by atoms with Crippen LogP contribution in [-0.2, 0) is 16.1 Å². The summed E-state index contributed by atoms with van der Waals surface area (Å²) in [4.78, 5) is 13.3. The fourth-order valence-corrected chi connectivity index (χ4v) is 3.87. The van der Waals surface area contributed by atoms with Crippen molar-refractivity contribution in [2.24, 2.45) is 0 Å². The van der Waals surface area contributed by atoms with Gasteiger partial charge in [0, 0.05) is 17.2 Å². The van der Waals surface area contributed by atoms with Gasteiger partial charge in [-0.15, -0.1) is 11.3 Å². The molecule has 1 aliphatic heterocycles. The third-order valence-electron chi connectivity index (χ3n) is 2.87. The van der Waals surface area contributed by atoms with E-state index in [0.717, 1.165) is 24.5 Å². The van der Waals surface area contributed by atoms with Crippen LogP contribution in [0.15, 0.2) is 17.5 Å². The summed E-state index contributed by atoms with van der Waals surface area (Å²) in [5.41, 5.74) is -0.468. The van der Waals surface area contributed by atoms with E-state index in [4.69, 9.17) is 4.74 Å². The van der Waals surface area contributed by atoms with Gasteiger partial charge in [0.15, 0.2) is 0 Å². The first-order valence-corrected chi connectivity index (χ1v) is 7.83. The van der Waals surface area contributed by atoms with Gasteiger partial charge in [-0.3, -0.25) is 10.1 Å². The van der Waals surface area contributed by atoms with Crippen molar-refractivity contribution < 1.29 is 9.53 Å². The number of thiophene rings is 1. The Morgan fingerprint density at radius 3 is 3.12 bits per heavy atom. The molecule has 1 saturated heterocycles. The van der Waals surface area contributed by atoms with Gasteiger partial charge in [0.25, 0.3) is 0 Å². The molecular weight excluding hydrogens is 254 g/mol. The summed E-state index contributed by atoms with van der Waals surface area (Å²) in [6.45, 7) is 3.05. The summed E-state index contributed by atoms with van der Waals surface area (Å²) in [6.07, 6.45) is 0.863. The van der Waals surface area contributed by atoms with Crippen LogP contribution in [0.3, 0.4) is 0 Å². The highest BCUT2D eigenvalue weighted by atomic mass is 32.2. The summed E-state index contributed by atoms with van der Waals surface area (Å²) in [7, 11) is 0. The molecule has 0 aliphatic carbocycles. The van der Waals surface area contributed by atoms with E-state index in [1.54, 1.807) is 11.3 Å². The number of carbonyl (C=O) groups is 1. The minimum atomic E-state index is -0.468. The van der Waals surface area contributed by atoms with Crippen LogP contribution in [-0.4, -0.2) is 29.6 Å². The van der Waals surface area contributed by atoms with E-state index < -0.39 is 5.54 Å². The van der Waals surface area contributed by atoms with E-state index in [-0.39, 0.29) is 5.97 Å². The van der Waals surface area contributed by atoms with Gasteiger partial charge in [-0.25, -0.2) is 0 Å². The molecule has 0 saturated carbocycles. The molecule has 1 fully saturated rings. The Morgan fingerprint density at radius 1 is 1.65 bits per heavy atom. The standard InChI is InChI=1S/C12H17NO2S2/c1-2-15-11(14)12(5-7-16-9-12)13-8-10-4-3-6-17-10/h3-4,6,13H,2,5,7-9H2,1H3. The first-order valence-electron chi connectivity index (χ1n) is 5.79. The fraction of sp³-hybridized carbons (Fsp3) is 0.583. The van der Waals surface area contributed by atoms with Gasteiger partial charge in [0.05, 0.1) is 6.61 Å². The lowest BCUT2D eigenvalue weighted by molar-refractivity contribution is -0.150. The van der Waals surface area contributed by atoms with E-state index in [9.17, 15) is 4.79 Å². The summed E-state index contributed by atoms with van der Waals surface area (Å²) >= 11 is 3.52. The Morgan fingerprint density at radius 2 is 2.53 bits per heavy atom. The molecule has 2 heterocycles. The van der Waals surface area contributed by atoms with Crippen LogP contribution in [0.1, 0.15) is 18.2 Å². The lowest BCUT2D eigenvalue weighted by Gasteiger charge is -2.26. The van der Waals surface area contributed by atoms with Gasteiger partial charge >= 0.3 is 5.97 Å². The summed E-state index contributed by atoms with van der Waals surface area (Å²) in [5.74, 6) is 1.74. The number of nitrogens with one attached hydrogen (secondary N) is 1. The largest absolute Gasteiger partial charge is 0.465 e. The van der Waals surface area contributed by atoms with Crippen molar-refractivity contribution in [1.29, 1.82) is 0 Å². The lowest BCUT2D eigenvalue weighted by Crippen LogP contribution is -2.52. The zero-order valence-corrected chi connectivity index (χ0v) is 11.5. The Kier molecular flexibility index (Phi) is 4.48. The van der Waals surface area contributed by atoms with Crippen LogP contribution < -0.4 is 5.32 Å². The van der Waals surface area contributed by atoms with Crippen LogP contribution >= 0.6 is 23.1 Å². The summed E-state index contributed by atoms with van der Waals surface area (Å²) in [5, 5.41) is 5.45. The third kappa shape index (κ3) is 3.03. The van der Waals surface area contributed by atoms with E-state index in [1.165, 1.54) is 4.88 Å². The minimum Gasteiger partial charge on any atom is -0.465 e. The second kappa shape index (κ2) is 5.89. The van der Waals surface area contributed by atoms with Gasteiger partial charge in [0.2, 0.25) is 0 Å². The molecule has 94 valence electrons. The average molecular weight is 271 g/mol. The molecule has 17 heavy (non-hydrogen) atoms. The second-order valence-corrected chi connectivity index (χ2v) is 6.18. The van der Waals surface area contributed by atoms with Gasteiger partial charge in [-0.05, 0) is 30.5 Å². The predicted molar refractivity (Wildman–Crippen MR) is 72.5 cm³/mol. The van der Waals surface area contributed by atoms with Crippen molar-refractivity contribution in [3.8, 4) is 0 Å². The zero-order chi connectivity index (χ0) is 12.1. The molecule has 1 atom stereocenters. The number of thioether (sulfide) groups is 1. The molecule has 1 aromatic rings. The van der Waals surface area contributed by atoms with Crippen molar-refractivity contribution in [3.63, 3.8) is 0 Å². The number of rotatable bonds is 5. The number of esters is 1. The molecule has 0 aromatic carbocycles. The van der Waals surface area contributed by atoms with Crippen LogP contribution in [0.5, 0.6) is 0 Å². The highest BCUT2D eigenvalue weighted by Gasteiger charge is 2.42. The highest BCUT2D eigenvalue weighted by Crippen LogP contribution is 2.29. The zero-order valence-electron chi connectivity index (χ0n) is 9.90. The second-order valence-electron chi connectivity index (χ2n) is 4.04. The SMILES string of the molecule is CCOC(=O)C1(NCc2cccs2)CCSC1. The maximum absolute atomic E-state index is 12.0. The molecule has 0 bridgehead atoms. The molecule has 0 spiro atoms. The average Bonchev–Trinajstić information content (AvgIpc) is 2.99. The maximum Gasteiger partial charge on any atom is 0.327 e. The molecule has 2 rings (SSSR count). The molecule has 0 radical (unpaired) electrons. The van der Waals surface area contributed by atoms with Crippen LogP contribution in [0.2, 0.25) is 0 Å². The molecule has 1 unspecified atom stereocenters. The maximum atomic E-state index is 12.0. The van der Waals surface area contributed by atoms with E-state index >= 15 is 0 Å². The van der Waals surface area contributed by atoms with E-state index in [1.807, 2.05) is 24.8 Å². The fourth-order valence-electron chi connectivity index (χ4n) is 1.88. The van der Waals surface area contributed by atoms with Crippen LogP contribution in [0.25, 0.3) is 0 Å². The van der Waals surface area contributed by atoms with Crippen LogP contribution in [0.4, 0.5) is 0 Å². The lowest BCUT2D eigenvalue weighted by atomic mass is 9.99. The molecule has 1 aliphatic rings. The molecule has 0 amide bonds. The highest BCUT2D eigenvalue weighted by molar-refractivity contribution is 7.99. The van der Waals surface area contributed by atoms with Gasteiger partial charge in [-0.2, -0.15) is 11.8 Å². The van der Waals surface area contributed by atoms with Gasteiger partial charge in [-0.1, -0.05) is 6.07 Å². The van der Waals surface area contributed by atoms with E-state index in [2.05, 4.69) is 16.8 Å². The molecule has 1 N–H and O–H groups in total. The summed E-state index contributed by atoms with van der Waals surface area (Å²) in [6, 6.07) is 4.11. The van der Waals surface area contributed by atoms with Crippen molar-refractivity contribution in [2.45, 2.75) is 25.4 Å².